The maximum atomic E-state index is 13.7. The SMILES string of the molecule is CC(NCC(=O)N1CCc2ccccc21)c1ccccc1F. The number of anilines is 1. The van der Waals surface area contributed by atoms with Crippen LogP contribution < -0.4 is 10.2 Å². The lowest BCUT2D eigenvalue weighted by Crippen LogP contribution is -2.38. The molecule has 2 aromatic carbocycles. The minimum absolute atomic E-state index is 0.0214. The lowest BCUT2D eigenvalue weighted by molar-refractivity contribution is -0.117. The molecule has 0 aliphatic carbocycles. The summed E-state index contributed by atoms with van der Waals surface area (Å²) in [5.74, 6) is -0.227. The van der Waals surface area contributed by atoms with Crippen LogP contribution in [0.25, 0.3) is 0 Å². The lowest BCUT2D eigenvalue weighted by atomic mass is 10.1. The molecule has 0 saturated heterocycles. The highest BCUT2D eigenvalue weighted by atomic mass is 19.1. The zero-order valence-electron chi connectivity index (χ0n) is 12.6. The van der Waals surface area contributed by atoms with E-state index in [-0.39, 0.29) is 24.3 Å². The fourth-order valence-corrected chi connectivity index (χ4v) is 2.87. The number of carbonyl (C=O) groups is 1. The third-order valence-corrected chi connectivity index (χ3v) is 4.12. The zero-order chi connectivity index (χ0) is 15.5. The van der Waals surface area contributed by atoms with Crippen LogP contribution in [0.15, 0.2) is 48.5 Å². The highest BCUT2D eigenvalue weighted by Crippen LogP contribution is 2.27. The Balaban J connectivity index is 1.63. The van der Waals surface area contributed by atoms with Crippen molar-refractivity contribution in [1.29, 1.82) is 0 Å². The number of hydrogen-bond donors (Lipinski definition) is 1. The van der Waals surface area contributed by atoms with Gasteiger partial charge in [-0.1, -0.05) is 36.4 Å². The predicted octanol–water partition coefficient (Wildman–Crippen LogP) is 3.07. The Kier molecular flexibility index (Phi) is 4.20. The van der Waals surface area contributed by atoms with Crippen molar-refractivity contribution in [3.05, 3.63) is 65.5 Å². The van der Waals surface area contributed by atoms with Crippen molar-refractivity contribution in [3.8, 4) is 0 Å². The normalized spacial score (nSPS) is 14.7. The lowest BCUT2D eigenvalue weighted by Gasteiger charge is -2.20. The first kappa shape index (κ1) is 14.7. The Bertz CT molecular complexity index is 686. The van der Waals surface area contributed by atoms with Gasteiger partial charge in [-0.3, -0.25) is 4.79 Å². The van der Waals surface area contributed by atoms with E-state index in [0.717, 1.165) is 12.1 Å². The summed E-state index contributed by atoms with van der Waals surface area (Å²) in [6.07, 6.45) is 0.894. The van der Waals surface area contributed by atoms with Gasteiger partial charge in [-0.2, -0.15) is 0 Å². The molecule has 0 bridgehead atoms. The maximum Gasteiger partial charge on any atom is 0.240 e. The summed E-state index contributed by atoms with van der Waals surface area (Å²) in [4.78, 5) is 14.2. The summed E-state index contributed by atoms with van der Waals surface area (Å²) in [5.41, 5.74) is 2.78. The van der Waals surface area contributed by atoms with E-state index in [4.69, 9.17) is 0 Å². The fraction of sp³-hybridized carbons (Fsp3) is 0.278. The van der Waals surface area contributed by atoms with Crippen LogP contribution in [0, 0.1) is 5.82 Å². The Morgan fingerprint density at radius 2 is 1.95 bits per heavy atom. The number of carbonyl (C=O) groups excluding carboxylic acids is 1. The van der Waals surface area contributed by atoms with E-state index in [2.05, 4.69) is 11.4 Å². The van der Waals surface area contributed by atoms with Crippen molar-refractivity contribution in [2.45, 2.75) is 19.4 Å². The molecule has 1 N–H and O–H groups in total. The quantitative estimate of drug-likeness (QED) is 0.941. The molecule has 0 spiro atoms. The van der Waals surface area contributed by atoms with Crippen LogP contribution in [0.1, 0.15) is 24.1 Å². The van der Waals surface area contributed by atoms with E-state index in [9.17, 15) is 9.18 Å². The van der Waals surface area contributed by atoms with E-state index in [1.807, 2.05) is 25.1 Å². The van der Waals surface area contributed by atoms with Gasteiger partial charge in [0.1, 0.15) is 5.82 Å². The summed E-state index contributed by atoms with van der Waals surface area (Å²) in [7, 11) is 0. The van der Waals surface area contributed by atoms with Gasteiger partial charge in [0, 0.05) is 23.8 Å². The zero-order valence-corrected chi connectivity index (χ0v) is 12.6. The third-order valence-electron chi connectivity index (χ3n) is 4.12. The molecule has 0 saturated carbocycles. The molecule has 2 aromatic rings. The minimum atomic E-state index is -0.249. The number of fused-ring (bicyclic) bond motifs is 1. The third kappa shape index (κ3) is 2.88. The molecule has 1 unspecified atom stereocenters. The number of halogens is 1. The van der Waals surface area contributed by atoms with E-state index in [1.165, 1.54) is 11.6 Å². The topological polar surface area (TPSA) is 32.3 Å². The first-order chi connectivity index (χ1) is 10.7. The van der Waals surface area contributed by atoms with Crippen molar-refractivity contribution >= 4 is 11.6 Å². The summed E-state index contributed by atoms with van der Waals surface area (Å²) < 4.78 is 13.7. The molecular formula is C18H19FN2O. The van der Waals surface area contributed by atoms with Crippen LogP contribution in [0.5, 0.6) is 0 Å². The highest BCUT2D eigenvalue weighted by Gasteiger charge is 2.24. The van der Waals surface area contributed by atoms with Gasteiger partial charge in [-0.05, 0) is 31.0 Å². The Hall–Kier alpha value is -2.20. The van der Waals surface area contributed by atoms with Crippen molar-refractivity contribution in [3.63, 3.8) is 0 Å². The molecule has 114 valence electrons. The molecule has 4 heteroatoms. The van der Waals surface area contributed by atoms with Gasteiger partial charge < -0.3 is 10.2 Å². The second-order valence-electron chi connectivity index (χ2n) is 5.55. The molecule has 0 fully saturated rings. The molecule has 22 heavy (non-hydrogen) atoms. The molecule has 3 rings (SSSR count). The number of hydrogen-bond acceptors (Lipinski definition) is 2. The van der Waals surface area contributed by atoms with Gasteiger partial charge >= 0.3 is 0 Å². The smallest absolute Gasteiger partial charge is 0.240 e. The number of amides is 1. The van der Waals surface area contributed by atoms with Crippen LogP contribution in [0.4, 0.5) is 10.1 Å². The van der Waals surface area contributed by atoms with Gasteiger partial charge in [-0.25, -0.2) is 4.39 Å². The molecule has 0 aromatic heterocycles. The Morgan fingerprint density at radius 3 is 2.77 bits per heavy atom. The molecule has 1 atom stereocenters. The summed E-state index contributed by atoms with van der Waals surface area (Å²) in [5, 5.41) is 3.12. The maximum absolute atomic E-state index is 13.7. The highest BCUT2D eigenvalue weighted by molar-refractivity contribution is 5.96. The number of para-hydroxylation sites is 1. The molecule has 1 aliphatic rings. The van der Waals surface area contributed by atoms with Crippen molar-refractivity contribution in [2.75, 3.05) is 18.0 Å². The van der Waals surface area contributed by atoms with Crippen LogP contribution >= 0.6 is 0 Å². The van der Waals surface area contributed by atoms with Crippen LogP contribution in [0.3, 0.4) is 0 Å². The monoisotopic (exact) mass is 298 g/mol. The van der Waals surface area contributed by atoms with Crippen LogP contribution in [-0.4, -0.2) is 19.0 Å². The van der Waals surface area contributed by atoms with Crippen molar-refractivity contribution in [1.82, 2.24) is 5.32 Å². The number of nitrogens with one attached hydrogen (secondary N) is 1. The van der Waals surface area contributed by atoms with Crippen molar-refractivity contribution in [2.24, 2.45) is 0 Å². The molecule has 1 amide bonds. The van der Waals surface area contributed by atoms with Gasteiger partial charge in [0.2, 0.25) is 5.91 Å². The van der Waals surface area contributed by atoms with Crippen LogP contribution in [0.2, 0.25) is 0 Å². The van der Waals surface area contributed by atoms with Crippen molar-refractivity contribution < 1.29 is 9.18 Å². The molecule has 3 nitrogen and oxygen atoms in total. The molecule has 0 radical (unpaired) electrons. The van der Waals surface area contributed by atoms with Gasteiger partial charge in [0.05, 0.1) is 6.54 Å². The first-order valence-corrected chi connectivity index (χ1v) is 7.53. The Labute approximate surface area is 129 Å². The van der Waals surface area contributed by atoms with E-state index in [0.29, 0.717) is 12.1 Å². The largest absolute Gasteiger partial charge is 0.311 e. The summed E-state index contributed by atoms with van der Waals surface area (Å²) in [6, 6.07) is 14.4. The standard InChI is InChI=1S/C18H19FN2O/c1-13(15-7-3-4-8-16(15)19)20-12-18(22)21-11-10-14-6-2-5-9-17(14)21/h2-9,13,20H,10-12H2,1H3. The average molecular weight is 298 g/mol. The minimum Gasteiger partial charge on any atom is -0.311 e. The second-order valence-corrected chi connectivity index (χ2v) is 5.55. The first-order valence-electron chi connectivity index (χ1n) is 7.53. The average Bonchev–Trinajstić information content (AvgIpc) is 2.97. The predicted molar refractivity (Wildman–Crippen MR) is 85.3 cm³/mol. The van der Waals surface area contributed by atoms with Gasteiger partial charge in [-0.15, -0.1) is 0 Å². The summed E-state index contributed by atoms with van der Waals surface area (Å²) >= 11 is 0. The summed E-state index contributed by atoms with van der Waals surface area (Å²) in [6.45, 7) is 2.78. The second kappa shape index (κ2) is 6.28. The molecular weight excluding hydrogens is 279 g/mol. The molecule has 1 aliphatic heterocycles. The van der Waals surface area contributed by atoms with Gasteiger partial charge in [0.25, 0.3) is 0 Å². The molecule has 1 heterocycles. The van der Waals surface area contributed by atoms with E-state index in [1.54, 1.807) is 23.1 Å². The number of benzene rings is 2. The van der Waals surface area contributed by atoms with Gasteiger partial charge in [0.15, 0.2) is 0 Å². The van der Waals surface area contributed by atoms with E-state index < -0.39 is 0 Å². The fourth-order valence-electron chi connectivity index (χ4n) is 2.87. The number of rotatable bonds is 4. The number of nitrogens with zero attached hydrogens (tertiary/aromatic N) is 1. The Morgan fingerprint density at radius 1 is 1.23 bits per heavy atom. The van der Waals surface area contributed by atoms with Crippen LogP contribution in [-0.2, 0) is 11.2 Å². The van der Waals surface area contributed by atoms with E-state index >= 15 is 0 Å².